The minimum Gasteiger partial charge on any atom is -0.107 e. The van der Waals surface area contributed by atoms with E-state index >= 15 is 0 Å². The molecule has 1 saturated heterocycles. The Labute approximate surface area is 98.7 Å². The van der Waals surface area contributed by atoms with Gasteiger partial charge in [0.05, 0.1) is 20.0 Å². The Hall–Kier alpha value is 1.13. The largest absolute Gasteiger partial charge is 0.158 e. The van der Waals surface area contributed by atoms with Gasteiger partial charge in [0.25, 0.3) is 0 Å². The maximum Gasteiger partial charge on any atom is 0.158 e. The second kappa shape index (κ2) is 4.55. The van der Waals surface area contributed by atoms with Crippen LogP contribution in [0.25, 0.3) is 0 Å². The molecule has 1 aliphatic rings. The maximum absolute atomic E-state index is 2.47. The second-order valence-corrected chi connectivity index (χ2v) is 14.2. The van der Waals surface area contributed by atoms with Crippen LogP contribution in [0.4, 0.5) is 0 Å². The van der Waals surface area contributed by atoms with Crippen LogP contribution in [0.15, 0.2) is 0 Å². The Kier molecular flexibility index (Phi) is 4.29. The molecular weight excluding hydrogens is 227 g/mol. The molecule has 0 nitrogen and oxygen atoms in total. The molecular formula is C11H24PS2+. The minimum absolute atomic E-state index is 0.501. The highest BCUT2D eigenvalue weighted by Crippen LogP contribution is 2.63. The van der Waals surface area contributed by atoms with E-state index in [1.807, 2.05) is 0 Å². The lowest BCUT2D eigenvalue weighted by molar-refractivity contribution is 0.293. The van der Waals surface area contributed by atoms with Gasteiger partial charge in [-0.1, -0.05) is 20.8 Å². The molecule has 0 radical (unpaired) electrons. The fourth-order valence-electron chi connectivity index (χ4n) is 1.44. The van der Waals surface area contributed by atoms with Crippen molar-refractivity contribution >= 4 is 30.8 Å². The Morgan fingerprint density at radius 2 is 1.43 bits per heavy atom. The zero-order valence-corrected chi connectivity index (χ0v) is 12.9. The van der Waals surface area contributed by atoms with E-state index in [1.54, 1.807) is 0 Å². The van der Waals surface area contributed by atoms with Gasteiger partial charge in [-0.25, -0.2) is 0 Å². The summed E-state index contributed by atoms with van der Waals surface area (Å²) < 4.78 is 0.904. The SMILES string of the molecule is CC(C)(C)C1CSC([P+](C)(C)C)SC1. The first-order valence-electron chi connectivity index (χ1n) is 5.25. The molecule has 0 unspecified atom stereocenters. The number of hydrogen-bond acceptors (Lipinski definition) is 2. The lowest BCUT2D eigenvalue weighted by Gasteiger charge is -2.37. The van der Waals surface area contributed by atoms with Crippen LogP contribution < -0.4 is 0 Å². The van der Waals surface area contributed by atoms with E-state index in [4.69, 9.17) is 0 Å². The third-order valence-corrected chi connectivity index (χ3v) is 11.3. The summed E-state index contributed by atoms with van der Waals surface area (Å²) in [4.78, 5) is 0. The highest BCUT2D eigenvalue weighted by molar-refractivity contribution is 8.26. The van der Waals surface area contributed by atoms with Gasteiger partial charge in [0.1, 0.15) is 0 Å². The Morgan fingerprint density at radius 1 is 1.00 bits per heavy atom. The molecule has 84 valence electrons. The molecule has 0 atom stereocenters. The van der Waals surface area contributed by atoms with Gasteiger partial charge in [-0.3, -0.25) is 0 Å². The van der Waals surface area contributed by atoms with Gasteiger partial charge < -0.3 is 0 Å². The lowest BCUT2D eigenvalue weighted by atomic mass is 9.83. The fraction of sp³-hybridized carbons (Fsp3) is 1.00. The Bertz CT molecular complexity index is 160. The predicted octanol–water partition coefficient (Wildman–Crippen LogP) is 4.32. The van der Waals surface area contributed by atoms with Crippen LogP contribution in [0.5, 0.6) is 0 Å². The standard InChI is InChI=1S/C11H24PS2/c1-11(2,3)9-7-13-10(14-8-9)12(4,5)6/h9-10H,7-8H2,1-6H3/q+1. The first-order valence-corrected chi connectivity index (χ1v) is 10.6. The van der Waals surface area contributed by atoms with Crippen molar-refractivity contribution in [3.8, 4) is 0 Å². The zero-order valence-electron chi connectivity index (χ0n) is 10.3. The molecule has 0 aromatic carbocycles. The summed E-state index contributed by atoms with van der Waals surface area (Å²) in [7, 11) is -0.644. The summed E-state index contributed by atoms with van der Waals surface area (Å²) >= 11 is 4.43. The van der Waals surface area contributed by atoms with Gasteiger partial charge in [0.15, 0.2) is 4.32 Å². The van der Waals surface area contributed by atoms with Crippen molar-refractivity contribution in [2.24, 2.45) is 11.3 Å². The van der Waals surface area contributed by atoms with Crippen LogP contribution in [0, 0.1) is 11.3 Å². The molecule has 0 aromatic heterocycles. The third kappa shape index (κ3) is 3.61. The van der Waals surface area contributed by atoms with Crippen LogP contribution in [0.2, 0.25) is 0 Å². The van der Waals surface area contributed by atoms with Gasteiger partial charge in [-0.05, 0) is 11.3 Å². The number of hydrogen-bond donors (Lipinski definition) is 0. The smallest absolute Gasteiger partial charge is 0.107 e. The van der Waals surface area contributed by atoms with Crippen LogP contribution in [0.1, 0.15) is 20.8 Å². The van der Waals surface area contributed by atoms with Crippen molar-refractivity contribution in [2.75, 3.05) is 31.5 Å². The molecule has 0 amide bonds. The van der Waals surface area contributed by atoms with Crippen LogP contribution in [-0.4, -0.2) is 35.8 Å². The fourth-order valence-corrected chi connectivity index (χ4v) is 8.57. The number of thioether (sulfide) groups is 2. The first-order chi connectivity index (χ1) is 6.21. The van der Waals surface area contributed by atoms with E-state index in [-0.39, 0.29) is 0 Å². The van der Waals surface area contributed by atoms with Gasteiger partial charge in [0, 0.05) is 18.8 Å². The average molecular weight is 251 g/mol. The lowest BCUT2D eigenvalue weighted by Crippen LogP contribution is -2.29. The molecule has 1 heterocycles. The maximum atomic E-state index is 2.47. The summed E-state index contributed by atoms with van der Waals surface area (Å²) in [5.41, 5.74) is 0.501. The normalized spacial score (nSPS) is 30.4. The summed E-state index contributed by atoms with van der Waals surface area (Å²) in [6.45, 7) is 14.5. The molecule has 1 fully saturated rings. The predicted molar refractivity (Wildman–Crippen MR) is 76.3 cm³/mol. The highest BCUT2D eigenvalue weighted by Gasteiger charge is 2.39. The van der Waals surface area contributed by atoms with Gasteiger partial charge in [0.2, 0.25) is 0 Å². The Balaban J connectivity index is 2.47. The molecule has 0 bridgehead atoms. The summed E-state index contributed by atoms with van der Waals surface area (Å²) in [6, 6.07) is 0. The van der Waals surface area contributed by atoms with Crippen LogP contribution >= 0.6 is 30.8 Å². The quantitative estimate of drug-likeness (QED) is 0.637. The van der Waals surface area contributed by atoms with E-state index in [9.17, 15) is 0 Å². The van der Waals surface area contributed by atoms with Crippen molar-refractivity contribution in [1.82, 2.24) is 0 Å². The van der Waals surface area contributed by atoms with E-state index in [0.29, 0.717) is 5.41 Å². The minimum atomic E-state index is -0.644. The number of rotatable bonds is 1. The molecule has 1 rings (SSSR count). The highest BCUT2D eigenvalue weighted by atomic mass is 32.2. The summed E-state index contributed by atoms with van der Waals surface area (Å²) in [5.74, 6) is 3.65. The van der Waals surface area contributed by atoms with E-state index < -0.39 is 7.26 Å². The van der Waals surface area contributed by atoms with Crippen molar-refractivity contribution in [2.45, 2.75) is 25.1 Å². The van der Waals surface area contributed by atoms with Gasteiger partial charge in [-0.2, -0.15) is 0 Å². The molecule has 0 N–H and O–H groups in total. The van der Waals surface area contributed by atoms with Crippen molar-refractivity contribution in [1.29, 1.82) is 0 Å². The molecule has 0 spiro atoms. The topological polar surface area (TPSA) is 0 Å². The molecule has 0 aliphatic carbocycles. The van der Waals surface area contributed by atoms with Crippen LogP contribution in [0.3, 0.4) is 0 Å². The van der Waals surface area contributed by atoms with Crippen molar-refractivity contribution in [3.63, 3.8) is 0 Å². The van der Waals surface area contributed by atoms with Gasteiger partial charge in [-0.15, -0.1) is 23.5 Å². The van der Waals surface area contributed by atoms with E-state index in [0.717, 1.165) is 10.2 Å². The third-order valence-electron chi connectivity index (χ3n) is 2.74. The summed E-state index contributed by atoms with van der Waals surface area (Å²) in [6.07, 6.45) is 0. The Morgan fingerprint density at radius 3 is 1.71 bits per heavy atom. The van der Waals surface area contributed by atoms with E-state index in [2.05, 4.69) is 64.3 Å². The molecule has 3 heteroatoms. The molecule has 1 aliphatic heterocycles. The second-order valence-electron chi connectivity index (χ2n) is 6.15. The summed E-state index contributed by atoms with van der Waals surface area (Å²) in [5, 5.41) is 0. The van der Waals surface area contributed by atoms with Crippen LogP contribution in [-0.2, 0) is 0 Å². The first kappa shape index (κ1) is 13.2. The molecule has 0 saturated carbocycles. The monoisotopic (exact) mass is 251 g/mol. The average Bonchev–Trinajstić information content (AvgIpc) is 2.01. The van der Waals surface area contributed by atoms with Gasteiger partial charge >= 0.3 is 0 Å². The zero-order chi connectivity index (χ0) is 11.0. The van der Waals surface area contributed by atoms with Crippen molar-refractivity contribution in [3.05, 3.63) is 0 Å². The molecule has 0 aromatic rings. The molecule has 14 heavy (non-hydrogen) atoms. The van der Waals surface area contributed by atoms with E-state index in [1.165, 1.54) is 11.5 Å². The van der Waals surface area contributed by atoms with Crippen molar-refractivity contribution < 1.29 is 0 Å².